The summed E-state index contributed by atoms with van der Waals surface area (Å²) in [6.45, 7) is 3.10. The zero-order valence-electron chi connectivity index (χ0n) is 11.2. The smallest absolute Gasteiger partial charge is 0.132 e. The van der Waals surface area contributed by atoms with E-state index in [1.807, 2.05) is 6.20 Å². The maximum Gasteiger partial charge on any atom is 0.132 e. The van der Waals surface area contributed by atoms with E-state index in [1.165, 1.54) is 11.3 Å². The highest BCUT2D eigenvalue weighted by molar-refractivity contribution is 5.67. The molecule has 98 valence electrons. The first kappa shape index (κ1) is 12.2. The molecule has 2 aromatic rings. The third kappa shape index (κ3) is 2.22. The minimum absolute atomic E-state index is 0.0902. The standard InChI is InChI=1S/C16H19N3/c1-2-14(17)13-7-8-16(18-11-13)19-10-9-12-5-3-4-6-15(12)19/h3-8,11,14H,2,9-10,17H2,1H3/t14-/m1/s1. The Morgan fingerprint density at radius 1 is 1.26 bits per heavy atom. The highest BCUT2D eigenvalue weighted by Gasteiger charge is 2.20. The van der Waals surface area contributed by atoms with Crippen molar-refractivity contribution in [1.82, 2.24) is 4.98 Å². The molecule has 3 nitrogen and oxygen atoms in total. The van der Waals surface area contributed by atoms with Gasteiger partial charge in [0.25, 0.3) is 0 Å². The number of aromatic nitrogens is 1. The summed E-state index contributed by atoms with van der Waals surface area (Å²) < 4.78 is 0. The molecule has 0 radical (unpaired) electrons. The number of benzene rings is 1. The first-order valence-corrected chi connectivity index (χ1v) is 6.86. The number of hydrogen-bond acceptors (Lipinski definition) is 3. The van der Waals surface area contributed by atoms with E-state index in [2.05, 4.69) is 53.2 Å². The molecular weight excluding hydrogens is 234 g/mol. The zero-order valence-corrected chi connectivity index (χ0v) is 11.2. The number of para-hydroxylation sites is 1. The van der Waals surface area contributed by atoms with Crippen LogP contribution >= 0.6 is 0 Å². The molecular formula is C16H19N3. The van der Waals surface area contributed by atoms with Crippen molar-refractivity contribution in [3.63, 3.8) is 0 Å². The zero-order chi connectivity index (χ0) is 13.2. The van der Waals surface area contributed by atoms with E-state index >= 15 is 0 Å². The lowest BCUT2D eigenvalue weighted by Crippen LogP contribution is -2.15. The summed E-state index contributed by atoms with van der Waals surface area (Å²) in [6, 6.07) is 12.8. The van der Waals surface area contributed by atoms with Crippen molar-refractivity contribution < 1.29 is 0 Å². The van der Waals surface area contributed by atoms with Crippen LogP contribution in [0.5, 0.6) is 0 Å². The second-order valence-corrected chi connectivity index (χ2v) is 4.99. The SMILES string of the molecule is CC[C@@H](N)c1ccc(N2CCc3ccccc32)nc1. The Morgan fingerprint density at radius 2 is 2.11 bits per heavy atom. The molecule has 0 fully saturated rings. The van der Waals surface area contributed by atoms with Crippen molar-refractivity contribution in [2.75, 3.05) is 11.4 Å². The molecule has 1 atom stereocenters. The van der Waals surface area contributed by atoms with Gasteiger partial charge in [-0.3, -0.25) is 0 Å². The molecule has 0 unspecified atom stereocenters. The van der Waals surface area contributed by atoms with Gasteiger partial charge in [-0.05, 0) is 36.1 Å². The van der Waals surface area contributed by atoms with Gasteiger partial charge in [0, 0.05) is 24.5 Å². The monoisotopic (exact) mass is 253 g/mol. The lowest BCUT2D eigenvalue weighted by atomic mass is 10.1. The van der Waals surface area contributed by atoms with Crippen molar-refractivity contribution in [3.05, 3.63) is 53.7 Å². The van der Waals surface area contributed by atoms with Crippen molar-refractivity contribution in [2.24, 2.45) is 5.73 Å². The first-order valence-electron chi connectivity index (χ1n) is 6.86. The molecule has 2 N–H and O–H groups in total. The summed E-state index contributed by atoms with van der Waals surface area (Å²) >= 11 is 0. The van der Waals surface area contributed by atoms with Crippen LogP contribution < -0.4 is 10.6 Å². The number of rotatable bonds is 3. The van der Waals surface area contributed by atoms with Crippen LogP contribution in [0.2, 0.25) is 0 Å². The topological polar surface area (TPSA) is 42.1 Å². The van der Waals surface area contributed by atoms with Crippen LogP contribution in [0.25, 0.3) is 0 Å². The number of nitrogens with zero attached hydrogens (tertiary/aromatic N) is 2. The molecule has 1 aliphatic rings. The van der Waals surface area contributed by atoms with Crippen molar-refractivity contribution >= 4 is 11.5 Å². The fourth-order valence-electron chi connectivity index (χ4n) is 2.59. The molecule has 1 aromatic carbocycles. The van der Waals surface area contributed by atoms with Gasteiger partial charge in [-0.2, -0.15) is 0 Å². The van der Waals surface area contributed by atoms with Crippen LogP contribution in [-0.4, -0.2) is 11.5 Å². The Hall–Kier alpha value is -1.87. The average molecular weight is 253 g/mol. The van der Waals surface area contributed by atoms with Gasteiger partial charge in [-0.15, -0.1) is 0 Å². The molecule has 3 rings (SSSR count). The van der Waals surface area contributed by atoms with Gasteiger partial charge in [-0.1, -0.05) is 31.2 Å². The summed E-state index contributed by atoms with van der Waals surface area (Å²) in [6.07, 6.45) is 3.94. The van der Waals surface area contributed by atoms with Gasteiger partial charge in [0.2, 0.25) is 0 Å². The van der Waals surface area contributed by atoms with E-state index in [0.717, 1.165) is 30.8 Å². The molecule has 0 bridgehead atoms. The minimum atomic E-state index is 0.0902. The molecule has 2 heterocycles. The fourth-order valence-corrected chi connectivity index (χ4v) is 2.59. The van der Waals surface area contributed by atoms with Crippen LogP contribution in [0, 0.1) is 0 Å². The third-order valence-electron chi connectivity index (χ3n) is 3.80. The number of nitrogens with two attached hydrogens (primary N) is 1. The van der Waals surface area contributed by atoms with Crippen molar-refractivity contribution in [3.8, 4) is 0 Å². The van der Waals surface area contributed by atoms with Gasteiger partial charge in [0.15, 0.2) is 0 Å². The van der Waals surface area contributed by atoms with Crippen molar-refractivity contribution in [2.45, 2.75) is 25.8 Å². The van der Waals surface area contributed by atoms with Crippen LogP contribution in [0.1, 0.15) is 30.5 Å². The molecule has 0 saturated heterocycles. The van der Waals surface area contributed by atoms with Gasteiger partial charge >= 0.3 is 0 Å². The highest BCUT2D eigenvalue weighted by atomic mass is 15.2. The second kappa shape index (κ2) is 5.02. The van der Waals surface area contributed by atoms with E-state index in [1.54, 1.807) is 0 Å². The molecule has 0 spiro atoms. The molecule has 1 aromatic heterocycles. The molecule has 1 aliphatic heterocycles. The lowest BCUT2D eigenvalue weighted by molar-refractivity contribution is 0.695. The van der Waals surface area contributed by atoms with E-state index < -0.39 is 0 Å². The summed E-state index contributed by atoms with van der Waals surface area (Å²) in [7, 11) is 0. The maximum absolute atomic E-state index is 6.02. The molecule has 0 amide bonds. The van der Waals surface area contributed by atoms with E-state index in [0.29, 0.717) is 0 Å². The Bertz CT molecular complexity index is 562. The number of anilines is 2. The summed E-state index contributed by atoms with van der Waals surface area (Å²) in [5, 5.41) is 0. The van der Waals surface area contributed by atoms with Gasteiger partial charge < -0.3 is 10.6 Å². The highest BCUT2D eigenvalue weighted by Crippen LogP contribution is 2.33. The van der Waals surface area contributed by atoms with Crippen LogP contribution in [0.3, 0.4) is 0 Å². The normalized spacial score (nSPS) is 15.4. The average Bonchev–Trinajstić information content (AvgIpc) is 2.90. The van der Waals surface area contributed by atoms with E-state index in [-0.39, 0.29) is 6.04 Å². The van der Waals surface area contributed by atoms with Crippen LogP contribution in [0.15, 0.2) is 42.6 Å². The number of pyridine rings is 1. The number of hydrogen-bond donors (Lipinski definition) is 1. The first-order chi connectivity index (χ1) is 9.29. The van der Waals surface area contributed by atoms with Gasteiger partial charge in [0.1, 0.15) is 5.82 Å². The maximum atomic E-state index is 6.02. The fraction of sp³-hybridized carbons (Fsp3) is 0.312. The second-order valence-electron chi connectivity index (χ2n) is 4.99. The molecule has 19 heavy (non-hydrogen) atoms. The molecule has 0 aliphatic carbocycles. The van der Waals surface area contributed by atoms with E-state index in [4.69, 9.17) is 5.73 Å². The van der Waals surface area contributed by atoms with Crippen molar-refractivity contribution in [1.29, 1.82) is 0 Å². The Kier molecular flexibility index (Phi) is 3.22. The van der Waals surface area contributed by atoms with Gasteiger partial charge in [0.05, 0.1) is 0 Å². The predicted molar refractivity (Wildman–Crippen MR) is 78.6 cm³/mol. The number of fused-ring (bicyclic) bond motifs is 1. The minimum Gasteiger partial charge on any atom is -0.326 e. The molecule has 0 saturated carbocycles. The quantitative estimate of drug-likeness (QED) is 0.913. The Balaban J connectivity index is 1.88. The van der Waals surface area contributed by atoms with Gasteiger partial charge in [-0.25, -0.2) is 4.98 Å². The summed E-state index contributed by atoms with van der Waals surface area (Å²) in [4.78, 5) is 6.85. The summed E-state index contributed by atoms with van der Waals surface area (Å²) in [5.41, 5.74) is 9.81. The third-order valence-corrected chi connectivity index (χ3v) is 3.80. The lowest BCUT2D eigenvalue weighted by Gasteiger charge is -2.19. The largest absolute Gasteiger partial charge is 0.326 e. The van der Waals surface area contributed by atoms with Crippen LogP contribution in [-0.2, 0) is 6.42 Å². The van der Waals surface area contributed by atoms with E-state index in [9.17, 15) is 0 Å². The Morgan fingerprint density at radius 3 is 2.84 bits per heavy atom. The molecule has 3 heteroatoms. The predicted octanol–water partition coefficient (Wildman–Crippen LogP) is 3.19. The Labute approximate surface area is 114 Å². The van der Waals surface area contributed by atoms with Crippen LogP contribution in [0.4, 0.5) is 11.5 Å². The summed E-state index contributed by atoms with van der Waals surface area (Å²) in [5.74, 6) is 1.01.